The zero-order valence-corrected chi connectivity index (χ0v) is 95.7. The van der Waals surface area contributed by atoms with Gasteiger partial charge in [-0.2, -0.15) is 0 Å². The zero-order valence-electron chi connectivity index (χ0n) is 71.3. The smallest absolute Gasteiger partial charge is 0.389 e. The van der Waals surface area contributed by atoms with E-state index in [1.54, 1.807) is 0 Å². The Morgan fingerprint density at radius 3 is 0.629 bits per heavy atom. The maximum atomic E-state index is 7.82. The Balaban J connectivity index is 0.000000595. The first kappa shape index (κ1) is 100. The fraction of sp³-hybridized carbons (Fsp3) is 0.607. The molecule has 0 saturated carbocycles. The summed E-state index contributed by atoms with van der Waals surface area (Å²) in [6.45, 7) is 77.7. The molecule has 0 radical (unpaired) electrons. The second-order valence-electron chi connectivity index (χ2n) is 33.4. The van der Waals surface area contributed by atoms with Crippen LogP contribution in [0.3, 0.4) is 0 Å². The van der Waals surface area contributed by atoms with Crippen molar-refractivity contribution in [2.75, 3.05) is 0 Å². The molecule has 7 unspecified atom stereocenters. The number of hydrogen-bond acceptors (Lipinski definition) is 21. The molecule has 105 heavy (non-hydrogen) atoms. The Hall–Kier alpha value is 1.03. The van der Waals surface area contributed by atoms with Gasteiger partial charge in [-0.25, -0.2) is 0 Å². The van der Waals surface area contributed by atoms with Crippen molar-refractivity contribution in [3.63, 3.8) is 0 Å². The molecule has 0 heterocycles. The van der Waals surface area contributed by atoms with Gasteiger partial charge in [0.25, 0.3) is 55.7 Å². The molecule has 0 aliphatic carbocycles. The van der Waals surface area contributed by atoms with Crippen molar-refractivity contribution in [1.82, 2.24) is 0 Å². The Bertz CT molecular complexity index is 3070. The highest BCUT2D eigenvalue weighted by atomic mass is 28.5. The third kappa shape index (κ3) is 40.0. The largest absolute Gasteiger partial charge is 0.442 e. The maximum absolute atomic E-state index is 7.82. The Morgan fingerprint density at radius 1 is 0.181 bits per heavy atom. The minimum absolute atomic E-state index is 1.04. The number of benzene rings is 4. The normalized spacial score (nSPS) is 16.2. The van der Waals surface area contributed by atoms with E-state index >= 15 is 0 Å². The van der Waals surface area contributed by atoms with Crippen molar-refractivity contribution in [3.05, 3.63) is 121 Å². The first-order valence-electron chi connectivity index (χ1n) is 37.1. The Kier molecular flexibility index (Phi) is 39.8. The molecule has 0 fully saturated rings. The van der Waals surface area contributed by atoms with Gasteiger partial charge in [-0.1, -0.05) is 121 Å². The minimum atomic E-state index is -3.41. The van der Waals surface area contributed by atoms with Gasteiger partial charge in [-0.3, -0.25) is 0 Å². The number of hydrogen-bond donors (Lipinski definition) is 0. The van der Waals surface area contributed by atoms with Crippen LogP contribution in [0.2, 0.25) is 242 Å². The fourth-order valence-electron chi connectivity index (χ4n) is 13.4. The van der Waals surface area contributed by atoms with Crippen LogP contribution in [0, 0.1) is 0 Å². The molecule has 4 aromatic carbocycles. The average molecular weight is 1860 g/mol. The van der Waals surface area contributed by atoms with E-state index in [0.717, 1.165) is 20.7 Å². The zero-order chi connectivity index (χ0) is 80.5. The first-order chi connectivity index (χ1) is 47.5. The quantitative estimate of drug-likeness (QED) is 0.0379. The van der Waals surface area contributed by atoms with E-state index in [9.17, 15) is 0 Å². The highest BCUT2D eigenvalue weighted by molar-refractivity contribution is 7.07. The highest BCUT2D eigenvalue weighted by Gasteiger charge is 2.57. The lowest BCUT2D eigenvalue weighted by Gasteiger charge is -2.45. The van der Waals surface area contributed by atoms with Gasteiger partial charge < -0.3 is 86.4 Å². The van der Waals surface area contributed by atoms with E-state index in [1.165, 1.54) is 0 Å². The predicted octanol–water partition coefficient (Wildman–Crippen LogP) is 12.4. The fourth-order valence-corrected chi connectivity index (χ4v) is 109. The molecule has 7 atom stereocenters. The molecule has 0 amide bonds. The third-order valence-electron chi connectivity index (χ3n) is 14.0. The van der Waals surface area contributed by atoms with E-state index in [2.05, 4.69) is 313 Å². The van der Waals surface area contributed by atoms with Gasteiger partial charge in [0.05, 0.1) is 0 Å². The molecule has 0 spiro atoms. The summed E-state index contributed by atoms with van der Waals surface area (Å²) in [5.41, 5.74) is 0. The van der Waals surface area contributed by atoms with Crippen LogP contribution in [0.1, 0.15) is 0 Å². The van der Waals surface area contributed by atoms with Gasteiger partial charge in [0.2, 0.25) is 0 Å². The molecule has 0 aliphatic rings. The van der Waals surface area contributed by atoms with Gasteiger partial charge in [0.1, 0.15) is 0 Å². The molecule has 0 aliphatic heterocycles. The standard InChI is InChI=1S/C31H98O16Si17.C30H42O5Si6/c1-48(32-49(2)34-51(4)36-53(6,7)8)33-50(3)35-52(5)37-55(12,13)39-57(16,17)41-59(20,21)43-61(24,25)45-63(28,29)47-64(30,31)46-62(26,27)44-60(22,23)42-58(18,19)40-56(14,15)38-54(9,10)11;1-36(2)31-38(5)32-39(6)34-41(29-23-15-9-16-24-29,30-25-17-10-18-26-30)35-40(33-37(3)4,27-19-11-7-12-20-27)28-21-13-8-14-22-28/h48-52H,1-31H3;7-26,36-39H,1-6H3. The topological polar surface area (TPSA) is 194 Å². The third-order valence-corrected chi connectivity index (χ3v) is 93.1. The number of rotatable bonds is 46. The Labute approximate surface area is 667 Å². The van der Waals surface area contributed by atoms with Crippen LogP contribution >= 0.6 is 0 Å². The van der Waals surface area contributed by atoms with Gasteiger partial charge in [0, 0.05) is 0 Å². The van der Waals surface area contributed by atoms with Crippen LogP contribution < -0.4 is 20.7 Å². The van der Waals surface area contributed by atoms with E-state index in [-0.39, 0.29) is 0 Å². The monoisotopic (exact) mass is 1850 g/mol. The van der Waals surface area contributed by atoms with Gasteiger partial charge in [-0.05, 0) is 263 Å². The molecule has 21 nitrogen and oxygen atoms in total. The van der Waals surface area contributed by atoms with E-state index in [4.69, 9.17) is 86.4 Å². The van der Waals surface area contributed by atoms with Crippen LogP contribution in [0.25, 0.3) is 0 Å². The predicted molar refractivity (Wildman–Crippen MR) is 489 cm³/mol. The van der Waals surface area contributed by atoms with E-state index in [0.29, 0.717) is 0 Å². The lowest BCUT2D eigenvalue weighted by atomic mass is 10.4. The molecule has 4 aromatic rings. The van der Waals surface area contributed by atoms with Crippen LogP contribution in [0.5, 0.6) is 0 Å². The first-order valence-corrected chi connectivity index (χ1v) is 95.9. The molecule has 0 bridgehead atoms. The minimum Gasteiger partial charge on any atom is -0.442 e. The van der Waals surface area contributed by atoms with Gasteiger partial charge in [0.15, 0.2) is 34.7 Å². The molecule has 4 rings (SSSR count). The van der Waals surface area contributed by atoms with Crippen molar-refractivity contribution in [3.8, 4) is 0 Å². The molecule has 0 aromatic heterocycles. The van der Waals surface area contributed by atoms with Crippen molar-refractivity contribution >= 4 is 223 Å². The molecular weight excluding hydrogens is 1710 g/mol. The summed E-state index contributed by atoms with van der Waals surface area (Å²) in [5.74, 6) is 0. The maximum Gasteiger partial charge on any atom is 0.389 e. The summed E-state index contributed by atoms with van der Waals surface area (Å²) in [5, 5.41) is 4.24. The highest BCUT2D eigenvalue weighted by Crippen LogP contribution is 2.32. The summed E-state index contributed by atoms with van der Waals surface area (Å²) >= 11 is 0. The lowest BCUT2D eigenvalue weighted by Crippen LogP contribution is -2.76. The summed E-state index contributed by atoms with van der Waals surface area (Å²) in [7, 11) is -53.4. The van der Waals surface area contributed by atoms with Crippen molar-refractivity contribution in [2.45, 2.75) is 242 Å². The molecule has 44 heteroatoms. The second kappa shape index (κ2) is 41.7. The summed E-state index contributed by atoms with van der Waals surface area (Å²) in [6.07, 6.45) is 0. The van der Waals surface area contributed by atoms with Crippen LogP contribution in [-0.4, -0.2) is 202 Å². The van der Waals surface area contributed by atoms with Crippen LogP contribution in [0.15, 0.2) is 121 Å². The average Bonchev–Trinajstić information content (AvgIpc) is 0.737. The van der Waals surface area contributed by atoms with E-state index < -0.39 is 202 Å². The SMILES string of the molecule is C[SiH](C)O[SiH](C)O[SiH](C)O[Si](O[Si](O[SiH](C)C)(c1ccccc1)c1ccccc1)(c1ccccc1)c1ccccc1.C[SiH](O[SiH](C)O[SiH](C)O[Si](C)(C)C)O[SiH](C)O[SiH](C)O[Si](C)(C)O[Si](C)(C)O[Si](C)(C)O[Si](C)(C)O[Si](C)(C)O[Si](C)(C)O[Si](C)(C)O[Si](C)(C)O[Si](C)(C)O[Si](C)(C)O[Si](C)(C)C. The van der Waals surface area contributed by atoms with Crippen molar-refractivity contribution in [1.29, 1.82) is 0 Å². The van der Waals surface area contributed by atoms with Crippen LogP contribution in [-0.2, 0) is 86.4 Å². The van der Waals surface area contributed by atoms with E-state index in [1.807, 2.05) is 50.5 Å². The summed E-state index contributed by atoms with van der Waals surface area (Å²) in [4.78, 5) is 0. The summed E-state index contributed by atoms with van der Waals surface area (Å²) in [6, 6.07) is 41.9. The molecule has 0 saturated heterocycles. The summed E-state index contributed by atoms with van der Waals surface area (Å²) < 4.78 is 140. The molecular formula is C61H140O21Si23. The van der Waals surface area contributed by atoms with Crippen molar-refractivity contribution in [2.24, 2.45) is 0 Å². The molecule has 0 N–H and O–H groups in total. The second-order valence-corrected chi connectivity index (χ2v) is 106. The Morgan fingerprint density at radius 2 is 0.390 bits per heavy atom. The van der Waals surface area contributed by atoms with Crippen molar-refractivity contribution < 1.29 is 86.4 Å². The van der Waals surface area contributed by atoms with Gasteiger partial charge >= 0.3 is 112 Å². The molecule has 602 valence electrons. The van der Waals surface area contributed by atoms with Gasteiger partial charge in [-0.15, -0.1) is 0 Å². The van der Waals surface area contributed by atoms with Crippen LogP contribution in [0.4, 0.5) is 0 Å². The lowest BCUT2D eigenvalue weighted by molar-refractivity contribution is 0.252.